The smallest absolute Gasteiger partial charge is 0.0700 e. The number of halogens is 1. The number of nitrogens with one attached hydrogen (secondary N) is 1. The van der Waals surface area contributed by atoms with E-state index < -0.39 is 0 Å². The Morgan fingerprint density at radius 1 is 1.32 bits per heavy atom. The molecular weight excluding hydrogens is 306 g/mol. The van der Waals surface area contributed by atoms with Crippen LogP contribution in [-0.4, -0.2) is 33.5 Å². The summed E-state index contributed by atoms with van der Waals surface area (Å²) in [6.07, 6.45) is 3.43. The Bertz CT molecular complexity index is 398. The molecule has 0 spiro atoms. The minimum atomic E-state index is 0.516. The number of fused-ring (bicyclic) bond motifs is 1. The molecule has 106 valence electrons. The highest BCUT2D eigenvalue weighted by atomic mass is 79.9. The molecule has 0 amide bonds. The summed E-state index contributed by atoms with van der Waals surface area (Å²) >= 11 is 3.53. The highest BCUT2D eigenvalue weighted by molar-refractivity contribution is 9.10. The highest BCUT2D eigenvalue weighted by Gasteiger charge is 2.21. The average Bonchev–Trinajstić information content (AvgIpc) is 2.80. The number of hydrogen-bond acceptors (Lipinski definition) is 3. The van der Waals surface area contributed by atoms with Crippen LogP contribution in [0.3, 0.4) is 0 Å². The van der Waals surface area contributed by atoms with Gasteiger partial charge in [-0.3, -0.25) is 0 Å². The van der Waals surface area contributed by atoms with Crippen LogP contribution in [0.5, 0.6) is 0 Å². The molecule has 1 aliphatic carbocycles. The first-order chi connectivity index (χ1) is 9.31. The third-order valence-corrected chi connectivity index (χ3v) is 3.96. The Morgan fingerprint density at radius 2 is 2.21 bits per heavy atom. The molecule has 0 radical (unpaired) electrons. The Hall–Kier alpha value is -0.420. The third-order valence-electron chi connectivity index (χ3n) is 3.47. The Labute approximate surface area is 123 Å². The highest BCUT2D eigenvalue weighted by Crippen LogP contribution is 2.32. The van der Waals surface area contributed by atoms with Crippen LogP contribution in [0.1, 0.15) is 30.0 Å². The number of hydrogen-bond donors (Lipinski definition) is 1. The second kappa shape index (κ2) is 8.00. The number of ether oxygens (including phenoxy) is 2. The standard InChI is InChI=1S/C15H22BrNO2/c1-18-9-10-19-8-2-7-17-15-6-3-12-11-13(16)4-5-14(12)15/h4-5,11,15,17H,2-3,6-10H2,1H3. The first kappa shape index (κ1) is 15.0. The lowest BCUT2D eigenvalue weighted by Crippen LogP contribution is -2.21. The molecule has 3 nitrogen and oxygen atoms in total. The molecule has 1 aromatic rings. The molecule has 0 aromatic heterocycles. The van der Waals surface area contributed by atoms with Gasteiger partial charge in [0.05, 0.1) is 13.2 Å². The molecule has 2 rings (SSSR count). The monoisotopic (exact) mass is 327 g/mol. The Kier molecular flexibility index (Phi) is 6.31. The minimum Gasteiger partial charge on any atom is -0.382 e. The van der Waals surface area contributed by atoms with Gasteiger partial charge in [-0.25, -0.2) is 0 Å². The Balaban J connectivity index is 1.66. The zero-order valence-corrected chi connectivity index (χ0v) is 13.0. The molecule has 19 heavy (non-hydrogen) atoms. The maximum Gasteiger partial charge on any atom is 0.0700 e. The van der Waals surface area contributed by atoms with Crippen molar-refractivity contribution in [1.82, 2.24) is 5.32 Å². The van der Waals surface area contributed by atoms with Crippen molar-refractivity contribution >= 4 is 15.9 Å². The second-order valence-corrected chi connectivity index (χ2v) is 5.76. The molecule has 0 bridgehead atoms. The predicted molar refractivity (Wildman–Crippen MR) is 80.5 cm³/mol. The molecule has 1 unspecified atom stereocenters. The van der Waals surface area contributed by atoms with Gasteiger partial charge in [-0.2, -0.15) is 0 Å². The molecule has 1 atom stereocenters. The van der Waals surface area contributed by atoms with E-state index in [2.05, 4.69) is 39.4 Å². The SMILES string of the molecule is COCCOCCCNC1CCc2cc(Br)ccc21. The van der Waals surface area contributed by atoms with E-state index in [9.17, 15) is 0 Å². The molecule has 0 saturated heterocycles. The van der Waals surface area contributed by atoms with Crippen LogP contribution in [-0.2, 0) is 15.9 Å². The first-order valence-electron chi connectivity index (χ1n) is 6.89. The minimum absolute atomic E-state index is 0.516. The van der Waals surface area contributed by atoms with Gasteiger partial charge in [0.25, 0.3) is 0 Å². The molecule has 0 fully saturated rings. The van der Waals surface area contributed by atoms with Crippen LogP contribution in [0.4, 0.5) is 0 Å². The van der Waals surface area contributed by atoms with Gasteiger partial charge < -0.3 is 14.8 Å². The van der Waals surface area contributed by atoms with Gasteiger partial charge in [-0.15, -0.1) is 0 Å². The Morgan fingerprint density at radius 3 is 3.05 bits per heavy atom. The topological polar surface area (TPSA) is 30.5 Å². The molecule has 4 heteroatoms. The van der Waals surface area contributed by atoms with Crippen LogP contribution in [0.2, 0.25) is 0 Å². The quantitative estimate of drug-likeness (QED) is 0.744. The van der Waals surface area contributed by atoms with E-state index >= 15 is 0 Å². The molecular formula is C15H22BrNO2. The predicted octanol–water partition coefficient (Wildman–Crippen LogP) is 3.08. The summed E-state index contributed by atoms with van der Waals surface area (Å²) in [6.45, 7) is 3.18. The van der Waals surface area contributed by atoms with Crippen molar-refractivity contribution in [3.63, 3.8) is 0 Å². The van der Waals surface area contributed by atoms with Crippen molar-refractivity contribution in [3.05, 3.63) is 33.8 Å². The van der Waals surface area contributed by atoms with Crippen LogP contribution >= 0.6 is 15.9 Å². The summed E-state index contributed by atoms with van der Waals surface area (Å²) in [6, 6.07) is 7.12. The van der Waals surface area contributed by atoms with Gasteiger partial charge in [0.1, 0.15) is 0 Å². The fourth-order valence-corrected chi connectivity index (χ4v) is 2.90. The maximum absolute atomic E-state index is 5.45. The largest absolute Gasteiger partial charge is 0.382 e. The fraction of sp³-hybridized carbons (Fsp3) is 0.600. The molecule has 0 heterocycles. The van der Waals surface area contributed by atoms with E-state index in [4.69, 9.17) is 9.47 Å². The molecule has 0 saturated carbocycles. The number of rotatable bonds is 8. The van der Waals surface area contributed by atoms with Crippen molar-refractivity contribution in [2.24, 2.45) is 0 Å². The third kappa shape index (κ3) is 4.56. The molecule has 0 aliphatic heterocycles. The van der Waals surface area contributed by atoms with Gasteiger partial charge in [0.2, 0.25) is 0 Å². The van der Waals surface area contributed by atoms with Gasteiger partial charge in [0, 0.05) is 24.2 Å². The number of aryl methyl sites for hydroxylation is 1. The zero-order valence-electron chi connectivity index (χ0n) is 11.5. The van der Waals surface area contributed by atoms with Crippen molar-refractivity contribution in [1.29, 1.82) is 0 Å². The molecule has 1 aliphatic rings. The molecule has 1 aromatic carbocycles. The first-order valence-corrected chi connectivity index (χ1v) is 7.69. The average molecular weight is 328 g/mol. The van der Waals surface area contributed by atoms with Crippen LogP contribution in [0, 0.1) is 0 Å². The lowest BCUT2D eigenvalue weighted by Gasteiger charge is -2.14. The van der Waals surface area contributed by atoms with Crippen LogP contribution in [0.15, 0.2) is 22.7 Å². The lowest BCUT2D eigenvalue weighted by molar-refractivity contribution is 0.0692. The molecule has 1 N–H and O–H groups in total. The number of methoxy groups -OCH3 is 1. The van der Waals surface area contributed by atoms with Crippen molar-refractivity contribution in [3.8, 4) is 0 Å². The summed E-state index contributed by atoms with van der Waals surface area (Å²) in [7, 11) is 1.70. The van der Waals surface area contributed by atoms with E-state index in [0.717, 1.165) is 19.6 Å². The lowest BCUT2D eigenvalue weighted by atomic mass is 10.1. The van der Waals surface area contributed by atoms with Crippen molar-refractivity contribution < 1.29 is 9.47 Å². The van der Waals surface area contributed by atoms with E-state index in [1.54, 1.807) is 7.11 Å². The van der Waals surface area contributed by atoms with E-state index in [1.165, 1.54) is 28.4 Å². The summed E-state index contributed by atoms with van der Waals surface area (Å²) in [5.41, 5.74) is 2.94. The summed E-state index contributed by atoms with van der Waals surface area (Å²) < 4.78 is 11.6. The summed E-state index contributed by atoms with van der Waals surface area (Å²) in [5, 5.41) is 3.62. The fourth-order valence-electron chi connectivity index (χ4n) is 2.49. The van der Waals surface area contributed by atoms with Gasteiger partial charge >= 0.3 is 0 Å². The van der Waals surface area contributed by atoms with Crippen molar-refractivity contribution in [2.45, 2.75) is 25.3 Å². The van der Waals surface area contributed by atoms with Crippen molar-refractivity contribution in [2.75, 3.05) is 33.5 Å². The zero-order chi connectivity index (χ0) is 13.5. The van der Waals surface area contributed by atoms with E-state index in [1.807, 2.05) is 0 Å². The number of benzene rings is 1. The maximum atomic E-state index is 5.45. The van der Waals surface area contributed by atoms with Gasteiger partial charge in [-0.1, -0.05) is 22.0 Å². The summed E-state index contributed by atoms with van der Waals surface area (Å²) in [5.74, 6) is 0. The summed E-state index contributed by atoms with van der Waals surface area (Å²) in [4.78, 5) is 0. The van der Waals surface area contributed by atoms with E-state index in [0.29, 0.717) is 19.3 Å². The van der Waals surface area contributed by atoms with Gasteiger partial charge in [-0.05, 0) is 49.1 Å². The van der Waals surface area contributed by atoms with E-state index in [-0.39, 0.29) is 0 Å². The normalized spacial score (nSPS) is 17.7. The van der Waals surface area contributed by atoms with Gasteiger partial charge in [0.15, 0.2) is 0 Å². The second-order valence-electron chi connectivity index (χ2n) is 4.85. The van der Waals surface area contributed by atoms with Crippen LogP contribution < -0.4 is 5.32 Å². The van der Waals surface area contributed by atoms with Crippen LogP contribution in [0.25, 0.3) is 0 Å².